The van der Waals surface area contributed by atoms with Crippen LogP contribution < -0.4 is 10.2 Å². The van der Waals surface area contributed by atoms with Gasteiger partial charge >= 0.3 is 0 Å². The number of nitrogens with zero attached hydrogens (tertiary/aromatic N) is 4. The number of rotatable bonds is 3. The van der Waals surface area contributed by atoms with Crippen molar-refractivity contribution in [1.82, 2.24) is 14.9 Å². The van der Waals surface area contributed by atoms with E-state index in [9.17, 15) is 0 Å². The third-order valence-electron chi connectivity index (χ3n) is 4.20. The van der Waals surface area contributed by atoms with Crippen LogP contribution in [-0.2, 0) is 0 Å². The van der Waals surface area contributed by atoms with Crippen LogP contribution in [0, 0.1) is 0 Å². The second-order valence-corrected chi connectivity index (χ2v) is 6.38. The number of hydrogen-bond acceptors (Lipinski definition) is 5. The first-order chi connectivity index (χ1) is 9.78. The van der Waals surface area contributed by atoms with Gasteiger partial charge in [0.25, 0.3) is 0 Å². The lowest BCUT2D eigenvalue weighted by atomic mass is 9.99. The number of fused-ring (bicyclic) bond motifs is 1. The molecule has 1 atom stereocenters. The molecule has 0 spiro atoms. The van der Waals surface area contributed by atoms with Crippen molar-refractivity contribution in [2.75, 3.05) is 42.9 Å². The SMILES string of the molecule is CCNc1ncc(Br)c(N2CCN3CCCCC3C2)n1. The Morgan fingerprint density at radius 1 is 1.35 bits per heavy atom. The molecule has 1 aromatic rings. The first-order valence-corrected chi connectivity index (χ1v) is 8.32. The van der Waals surface area contributed by atoms with E-state index in [-0.39, 0.29) is 0 Å². The van der Waals surface area contributed by atoms with E-state index < -0.39 is 0 Å². The molecule has 2 fully saturated rings. The second kappa shape index (κ2) is 6.26. The molecular weight excluding hydrogens is 318 g/mol. The van der Waals surface area contributed by atoms with Gasteiger partial charge in [-0.05, 0) is 42.2 Å². The molecule has 1 unspecified atom stereocenters. The van der Waals surface area contributed by atoms with Gasteiger partial charge in [0.15, 0.2) is 0 Å². The number of anilines is 2. The highest BCUT2D eigenvalue weighted by Gasteiger charge is 2.30. The van der Waals surface area contributed by atoms with Crippen LogP contribution in [0.1, 0.15) is 26.2 Å². The monoisotopic (exact) mass is 339 g/mol. The van der Waals surface area contributed by atoms with Crippen LogP contribution in [-0.4, -0.2) is 53.6 Å². The molecule has 0 radical (unpaired) electrons. The van der Waals surface area contributed by atoms with E-state index in [0.29, 0.717) is 6.04 Å². The number of halogens is 1. The first-order valence-electron chi connectivity index (χ1n) is 7.53. The summed E-state index contributed by atoms with van der Waals surface area (Å²) in [5.74, 6) is 1.75. The molecule has 0 bridgehead atoms. The molecule has 2 aliphatic rings. The van der Waals surface area contributed by atoms with E-state index in [0.717, 1.165) is 42.4 Å². The summed E-state index contributed by atoms with van der Waals surface area (Å²) in [6, 6.07) is 0.696. The summed E-state index contributed by atoms with van der Waals surface area (Å²) in [5.41, 5.74) is 0. The predicted octanol–water partition coefficient (Wildman–Crippen LogP) is 2.35. The summed E-state index contributed by atoms with van der Waals surface area (Å²) in [6.07, 6.45) is 5.90. The largest absolute Gasteiger partial charge is 0.354 e. The van der Waals surface area contributed by atoms with E-state index in [1.807, 2.05) is 6.20 Å². The highest BCUT2D eigenvalue weighted by molar-refractivity contribution is 9.10. The zero-order valence-electron chi connectivity index (χ0n) is 12.0. The average molecular weight is 340 g/mol. The van der Waals surface area contributed by atoms with E-state index in [4.69, 9.17) is 0 Å². The third kappa shape index (κ3) is 2.91. The lowest BCUT2D eigenvalue weighted by Crippen LogP contribution is -2.55. The Labute approximate surface area is 128 Å². The van der Waals surface area contributed by atoms with Crippen molar-refractivity contribution in [3.8, 4) is 0 Å². The van der Waals surface area contributed by atoms with Gasteiger partial charge < -0.3 is 10.2 Å². The summed E-state index contributed by atoms with van der Waals surface area (Å²) in [6.45, 7) is 7.46. The average Bonchev–Trinajstić information content (AvgIpc) is 2.49. The van der Waals surface area contributed by atoms with Crippen LogP contribution >= 0.6 is 15.9 Å². The maximum Gasteiger partial charge on any atom is 0.224 e. The molecule has 20 heavy (non-hydrogen) atoms. The third-order valence-corrected chi connectivity index (χ3v) is 4.76. The highest BCUT2D eigenvalue weighted by atomic mass is 79.9. The lowest BCUT2D eigenvalue weighted by Gasteiger charge is -2.44. The van der Waals surface area contributed by atoms with Crippen LogP contribution in [0.2, 0.25) is 0 Å². The van der Waals surface area contributed by atoms with Crippen LogP contribution in [0.5, 0.6) is 0 Å². The summed E-state index contributed by atoms with van der Waals surface area (Å²) >= 11 is 3.60. The van der Waals surface area contributed by atoms with Gasteiger partial charge in [-0.3, -0.25) is 4.90 Å². The molecule has 2 aliphatic heterocycles. The molecular formula is C14H22BrN5. The van der Waals surface area contributed by atoms with Gasteiger partial charge in [-0.15, -0.1) is 0 Å². The first kappa shape index (κ1) is 14.1. The van der Waals surface area contributed by atoms with Gasteiger partial charge in [-0.2, -0.15) is 4.98 Å². The highest BCUT2D eigenvalue weighted by Crippen LogP contribution is 2.29. The quantitative estimate of drug-likeness (QED) is 0.915. The molecule has 1 N–H and O–H groups in total. The van der Waals surface area contributed by atoms with Gasteiger partial charge in [-0.1, -0.05) is 6.42 Å². The van der Waals surface area contributed by atoms with E-state index in [2.05, 4.69) is 47.9 Å². The maximum atomic E-state index is 4.66. The van der Waals surface area contributed by atoms with Crippen molar-refractivity contribution in [1.29, 1.82) is 0 Å². The van der Waals surface area contributed by atoms with Crippen molar-refractivity contribution in [2.24, 2.45) is 0 Å². The van der Waals surface area contributed by atoms with Crippen molar-refractivity contribution < 1.29 is 0 Å². The van der Waals surface area contributed by atoms with Gasteiger partial charge in [-0.25, -0.2) is 4.98 Å². The van der Waals surface area contributed by atoms with Crippen LogP contribution in [0.3, 0.4) is 0 Å². The van der Waals surface area contributed by atoms with Gasteiger partial charge in [0.2, 0.25) is 5.95 Å². The second-order valence-electron chi connectivity index (χ2n) is 5.53. The van der Waals surface area contributed by atoms with Gasteiger partial charge in [0, 0.05) is 38.4 Å². The van der Waals surface area contributed by atoms with E-state index in [1.165, 1.54) is 25.8 Å². The van der Waals surface area contributed by atoms with Crippen molar-refractivity contribution in [3.05, 3.63) is 10.7 Å². The van der Waals surface area contributed by atoms with E-state index in [1.54, 1.807) is 0 Å². The van der Waals surface area contributed by atoms with Gasteiger partial charge in [0.05, 0.1) is 4.47 Å². The fourth-order valence-electron chi connectivity index (χ4n) is 3.17. The molecule has 0 amide bonds. The summed E-state index contributed by atoms with van der Waals surface area (Å²) in [7, 11) is 0. The Morgan fingerprint density at radius 2 is 2.25 bits per heavy atom. The minimum absolute atomic E-state index is 0.696. The summed E-state index contributed by atoms with van der Waals surface area (Å²) in [4.78, 5) is 14.0. The fourth-order valence-corrected chi connectivity index (χ4v) is 3.61. The molecule has 0 aliphatic carbocycles. The minimum Gasteiger partial charge on any atom is -0.354 e. The molecule has 3 rings (SSSR count). The predicted molar refractivity (Wildman–Crippen MR) is 85.3 cm³/mol. The lowest BCUT2D eigenvalue weighted by molar-refractivity contribution is 0.133. The molecule has 1 aromatic heterocycles. The minimum atomic E-state index is 0.696. The van der Waals surface area contributed by atoms with Crippen LogP contribution in [0.4, 0.5) is 11.8 Å². The molecule has 110 valence electrons. The maximum absolute atomic E-state index is 4.66. The molecule has 3 heterocycles. The number of nitrogens with one attached hydrogen (secondary N) is 1. The molecule has 2 saturated heterocycles. The topological polar surface area (TPSA) is 44.3 Å². The Hall–Kier alpha value is -0.880. The van der Waals surface area contributed by atoms with Crippen molar-refractivity contribution in [3.63, 3.8) is 0 Å². The number of piperidine rings is 1. The molecule has 0 aromatic carbocycles. The van der Waals surface area contributed by atoms with Crippen LogP contribution in [0.15, 0.2) is 10.7 Å². The zero-order chi connectivity index (χ0) is 13.9. The van der Waals surface area contributed by atoms with Gasteiger partial charge in [0.1, 0.15) is 5.82 Å². The number of hydrogen-bond donors (Lipinski definition) is 1. The summed E-state index contributed by atoms with van der Waals surface area (Å²) < 4.78 is 0.989. The van der Waals surface area contributed by atoms with Crippen molar-refractivity contribution >= 4 is 27.7 Å². The number of aromatic nitrogens is 2. The number of piperazine rings is 1. The fraction of sp³-hybridized carbons (Fsp3) is 0.714. The molecule has 6 heteroatoms. The zero-order valence-corrected chi connectivity index (χ0v) is 13.6. The molecule has 5 nitrogen and oxygen atoms in total. The smallest absolute Gasteiger partial charge is 0.224 e. The Balaban J connectivity index is 1.76. The Bertz CT molecular complexity index is 467. The van der Waals surface area contributed by atoms with Crippen LogP contribution in [0.25, 0.3) is 0 Å². The van der Waals surface area contributed by atoms with Crippen molar-refractivity contribution in [2.45, 2.75) is 32.2 Å². The Morgan fingerprint density at radius 3 is 3.10 bits per heavy atom. The normalized spacial score (nSPS) is 23.5. The summed E-state index contributed by atoms with van der Waals surface area (Å²) in [5, 5.41) is 3.19. The van der Waals surface area contributed by atoms with E-state index >= 15 is 0 Å². The molecule has 0 saturated carbocycles. The standard InChI is InChI=1S/C14H22BrN5/c1-2-16-14-17-9-12(15)13(18-14)20-8-7-19-6-4-3-5-11(19)10-20/h9,11H,2-8,10H2,1H3,(H,16,17,18). The Kier molecular flexibility index (Phi) is 4.41.